The number of nitrogen functional groups attached to an aromatic ring is 1. The Kier molecular flexibility index (Phi) is 5.73. The van der Waals surface area contributed by atoms with Gasteiger partial charge in [0.15, 0.2) is 5.65 Å². The minimum Gasteiger partial charge on any atom is -0.487 e. The van der Waals surface area contributed by atoms with Gasteiger partial charge in [-0.25, -0.2) is 24.0 Å². The molecule has 0 bridgehead atoms. The minimum absolute atomic E-state index is 0.0292. The van der Waals surface area contributed by atoms with Gasteiger partial charge >= 0.3 is 0 Å². The number of aromatic nitrogens is 6. The lowest BCUT2D eigenvalue weighted by Crippen LogP contribution is -2.20. The van der Waals surface area contributed by atoms with Gasteiger partial charge in [0.1, 0.15) is 47.5 Å². The van der Waals surface area contributed by atoms with E-state index in [0.717, 1.165) is 24.5 Å². The van der Waals surface area contributed by atoms with Crippen molar-refractivity contribution < 1.29 is 21.3 Å². The maximum Gasteiger partial charge on any atom is 0.164 e. The zero-order valence-corrected chi connectivity index (χ0v) is 20.5. The fourth-order valence-corrected chi connectivity index (χ4v) is 4.42. The van der Waals surface area contributed by atoms with Crippen LogP contribution in [0.15, 0.2) is 61.3 Å². The van der Waals surface area contributed by atoms with E-state index in [1.54, 1.807) is 19.2 Å². The Morgan fingerprint density at radius 3 is 2.66 bits per heavy atom. The Morgan fingerprint density at radius 2 is 1.89 bits per heavy atom. The molecule has 2 N–H and O–H groups in total. The molecule has 5 aromatic rings. The van der Waals surface area contributed by atoms with E-state index >= 15 is 0 Å². The van der Waals surface area contributed by atoms with Crippen molar-refractivity contribution in [3.63, 3.8) is 0 Å². The van der Waals surface area contributed by atoms with Crippen molar-refractivity contribution in [3.8, 4) is 28.5 Å². The first-order valence-electron chi connectivity index (χ1n) is 13.1. The molecule has 1 aliphatic rings. The molecule has 0 aliphatic carbocycles. The summed E-state index contributed by atoms with van der Waals surface area (Å²) in [7, 11) is 1.65. The number of nitrogens with zero attached hydrogens (tertiary/aromatic N) is 6. The Bertz CT molecular complexity index is 1670. The Hall–Kier alpha value is -4.51. The molecule has 10 nitrogen and oxygen atoms in total. The topological polar surface area (TPSA) is 115 Å². The van der Waals surface area contributed by atoms with Crippen molar-refractivity contribution in [1.82, 2.24) is 29.3 Å². The molecule has 194 valence electrons. The van der Waals surface area contributed by atoms with Crippen molar-refractivity contribution in [2.45, 2.75) is 25.4 Å². The van der Waals surface area contributed by atoms with E-state index in [1.807, 2.05) is 16.8 Å². The van der Waals surface area contributed by atoms with Gasteiger partial charge in [0.05, 0.1) is 32.4 Å². The molecule has 2 aromatic carbocycles. The molecule has 3 aromatic heterocycles. The van der Waals surface area contributed by atoms with Crippen LogP contribution >= 0.6 is 0 Å². The van der Waals surface area contributed by atoms with Crippen LogP contribution in [0.2, 0.25) is 0 Å². The lowest BCUT2D eigenvalue weighted by molar-refractivity contribution is 0.0674. The number of rotatable bonds is 7. The van der Waals surface area contributed by atoms with Crippen molar-refractivity contribution in [2.24, 2.45) is 7.05 Å². The summed E-state index contributed by atoms with van der Waals surface area (Å²) >= 11 is 0. The van der Waals surface area contributed by atoms with Gasteiger partial charge in [-0.2, -0.15) is 5.10 Å². The van der Waals surface area contributed by atoms with Crippen LogP contribution in [0, 0.1) is 5.82 Å². The van der Waals surface area contributed by atoms with Gasteiger partial charge in [0.2, 0.25) is 0 Å². The lowest BCUT2D eigenvalue weighted by Gasteiger charge is -2.22. The van der Waals surface area contributed by atoms with E-state index in [4.69, 9.17) is 27.8 Å². The molecule has 0 spiro atoms. The molecule has 38 heavy (non-hydrogen) atoms. The van der Waals surface area contributed by atoms with Gasteiger partial charge in [-0.15, -0.1) is 0 Å². The summed E-state index contributed by atoms with van der Waals surface area (Å²) in [5.41, 5.74) is 8.56. The van der Waals surface area contributed by atoms with E-state index < -0.39 is 12.4 Å². The summed E-state index contributed by atoms with van der Waals surface area (Å²) in [6.45, 7) is -0.913. The number of aryl methyl sites for hydroxylation is 1. The quantitative estimate of drug-likeness (QED) is 0.331. The van der Waals surface area contributed by atoms with Crippen LogP contribution in [0.25, 0.3) is 22.3 Å². The third-order valence-electron chi connectivity index (χ3n) is 6.35. The highest BCUT2D eigenvalue weighted by Gasteiger charge is 2.24. The zero-order valence-electron chi connectivity index (χ0n) is 22.5. The maximum atomic E-state index is 14.4. The summed E-state index contributed by atoms with van der Waals surface area (Å²) in [5.74, 6) is 0.267. The molecule has 0 amide bonds. The molecule has 0 radical (unpaired) electrons. The van der Waals surface area contributed by atoms with Crippen LogP contribution < -0.4 is 15.2 Å². The number of fused-ring (bicyclic) bond motifs is 1. The van der Waals surface area contributed by atoms with Crippen molar-refractivity contribution in [3.05, 3.63) is 72.8 Å². The Labute approximate surface area is 220 Å². The van der Waals surface area contributed by atoms with Crippen LogP contribution in [0.3, 0.4) is 0 Å². The molecule has 1 fully saturated rings. The van der Waals surface area contributed by atoms with E-state index in [0.29, 0.717) is 41.5 Å². The van der Waals surface area contributed by atoms with E-state index in [-0.39, 0.29) is 23.2 Å². The predicted molar refractivity (Wildman–Crippen MR) is 138 cm³/mol. The van der Waals surface area contributed by atoms with Crippen LogP contribution in [0.4, 0.5) is 10.2 Å². The number of nitrogens with two attached hydrogens (primary N) is 1. The number of benzene rings is 2. The minimum atomic E-state index is -2.24. The molecule has 0 atom stereocenters. The Morgan fingerprint density at radius 1 is 1.11 bits per heavy atom. The summed E-state index contributed by atoms with van der Waals surface area (Å²) in [5, 5.41) is 5.55. The van der Waals surface area contributed by atoms with Crippen LogP contribution in [0.1, 0.15) is 27.3 Å². The smallest absolute Gasteiger partial charge is 0.164 e. The number of hydrogen-bond acceptors (Lipinski definition) is 8. The summed E-state index contributed by atoms with van der Waals surface area (Å²) in [6.07, 6.45) is 5.91. The third-order valence-corrected chi connectivity index (χ3v) is 6.35. The standard InChI is InChI=1S/C27H26FN7O3/c1-34-16-30-13-20(34)14-37-22-10-18(28)11-23(12-22)38-21-4-2-17(3-5-21)25-24-26(29)31-15-32-27(24)35(33-25)19-6-8-36-9-7-19/h2-5,10-13,15-16,19H,6-9,14H2,1H3,(H2,29,31,32)/i14D2. The van der Waals surface area contributed by atoms with Gasteiger partial charge in [0.25, 0.3) is 0 Å². The van der Waals surface area contributed by atoms with Crippen LogP contribution in [-0.2, 0) is 18.3 Å². The predicted octanol–water partition coefficient (Wildman–Crippen LogP) is 4.67. The van der Waals surface area contributed by atoms with E-state index in [9.17, 15) is 4.39 Å². The SMILES string of the molecule is [2H]C([2H])(Oc1cc(F)cc(Oc2ccc(-c3nn(C4CCOCC4)c4ncnc(N)c34)cc2)c1)c1cncn1C. The molecular formula is C27H26FN7O3. The van der Waals surface area contributed by atoms with Crippen molar-refractivity contribution in [2.75, 3.05) is 18.9 Å². The molecule has 1 aliphatic heterocycles. The van der Waals surface area contributed by atoms with Crippen LogP contribution in [-0.4, -0.2) is 42.5 Å². The highest BCUT2D eigenvalue weighted by Crippen LogP contribution is 2.35. The summed E-state index contributed by atoms with van der Waals surface area (Å²) in [6, 6.07) is 11.0. The molecule has 0 saturated carbocycles. The average Bonchev–Trinajstić information content (AvgIpc) is 3.54. The molecular weight excluding hydrogens is 489 g/mol. The number of imidazole rings is 1. The molecule has 1 saturated heterocycles. The average molecular weight is 518 g/mol. The van der Waals surface area contributed by atoms with Gasteiger partial charge in [-0.1, -0.05) is 0 Å². The molecule has 6 rings (SSSR count). The second-order valence-corrected chi connectivity index (χ2v) is 8.94. The first-order chi connectivity index (χ1) is 19.3. The molecule has 0 unspecified atom stereocenters. The van der Waals surface area contributed by atoms with Gasteiger partial charge in [-0.05, 0) is 37.1 Å². The second kappa shape index (κ2) is 10.1. The lowest BCUT2D eigenvalue weighted by atomic mass is 10.1. The summed E-state index contributed by atoms with van der Waals surface area (Å²) < 4.78 is 51.2. The normalized spacial score (nSPS) is 15.3. The molecule has 11 heteroatoms. The fourth-order valence-electron chi connectivity index (χ4n) is 4.42. The monoisotopic (exact) mass is 517 g/mol. The second-order valence-electron chi connectivity index (χ2n) is 8.94. The summed E-state index contributed by atoms with van der Waals surface area (Å²) in [4.78, 5) is 12.6. The first-order valence-corrected chi connectivity index (χ1v) is 12.1. The largest absolute Gasteiger partial charge is 0.487 e. The molecule has 4 heterocycles. The number of hydrogen-bond donors (Lipinski definition) is 1. The zero-order chi connectivity index (χ0) is 27.9. The van der Waals surface area contributed by atoms with Crippen molar-refractivity contribution in [1.29, 1.82) is 0 Å². The number of halogens is 1. The number of anilines is 1. The maximum absolute atomic E-state index is 14.4. The van der Waals surface area contributed by atoms with E-state index in [2.05, 4.69) is 15.0 Å². The van der Waals surface area contributed by atoms with Crippen LogP contribution in [0.5, 0.6) is 17.2 Å². The van der Waals surface area contributed by atoms with Crippen molar-refractivity contribution >= 4 is 16.9 Å². The van der Waals surface area contributed by atoms with Gasteiger partial charge in [0, 0.05) is 44.0 Å². The highest BCUT2D eigenvalue weighted by atomic mass is 19.1. The van der Waals surface area contributed by atoms with Gasteiger partial charge < -0.3 is 24.5 Å². The van der Waals surface area contributed by atoms with Gasteiger partial charge in [-0.3, -0.25) is 0 Å². The highest BCUT2D eigenvalue weighted by molar-refractivity contribution is 5.98. The fraction of sp³-hybridized carbons (Fsp3) is 0.259. The Balaban J connectivity index is 1.26. The third kappa shape index (κ3) is 4.75. The first kappa shape index (κ1) is 21.6. The number of ether oxygens (including phenoxy) is 3. The van der Waals surface area contributed by atoms with E-state index in [1.165, 1.54) is 35.6 Å².